The summed E-state index contributed by atoms with van der Waals surface area (Å²) >= 11 is 0. The highest BCUT2D eigenvalue weighted by Crippen LogP contribution is 2.27. The summed E-state index contributed by atoms with van der Waals surface area (Å²) in [6.45, 7) is 4.94. The highest BCUT2D eigenvalue weighted by molar-refractivity contribution is 4.91. The molecule has 0 aromatic carbocycles. The maximum atomic E-state index is 10.1. The van der Waals surface area contributed by atoms with Gasteiger partial charge in [0.1, 0.15) is 18.3 Å². The van der Waals surface area contributed by atoms with E-state index in [1.165, 1.54) is 0 Å². The predicted molar refractivity (Wildman–Crippen MR) is 64.8 cm³/mol. The Hall–Kier alpha value is -0.200. The Morgan fingerprint density at radius 3 is 2.59 bits per heavy atom. The zero-order valence-electron chi connectivity index (χ0n) is 11.0. The summed E-state index contributed by atoms with van der Waals surface area (Å²) in [5, 5.41) is 10.1. The molecule has 0 aromatic rings. The Bertz CT molecular complexity index is 213. The second-order valence-corrected chi connectivity index (χ2v) is 4.72. The van der Waals surface area contributed by atoms with E-state index in [0.717, 1.165) is 12.8 Å². The Balaban J connectivity index is 2.47. The molecule has 0 bridgehead atoms. The second kappa shape index (κ2) is 7.28. The van der Waals surface area contributed by atoms with Gasteiger partial charge in [0.15, 0.2) is 0 Å². The first kappa shape index (κ1) is 14.9. The molecule has 4 atom stereocenters. The zero-order chi connectivity index (χ0) is 12.8. The monoisotopic (exact) mass is 247 g/mol. The van der Waals surface area contributed by atoms with Crippen LogP contribution in [0.5, 0.6) is 0 Å². The topological polar surface area (TPSA) is 73.9 Å². The summed E-state index contributed by atoms with van der Waals surface area (Å²) in [5.41, 5.74) is 5.48. The number of hydrogen-bond acceptors (Lipinski definition) is 5. The van der Waals surface area contributed by atoms with Crippen LogP contribution in [0.2, 0.25) is 0 Å². The number of rotatable bonds is 7. The summed E-state index contributed by atoms with van der Waals surface area (Å²) in [6, 6.07) is 0. The van der Waals surface area contributed by atoms with Crippen LogP contribution in [0, 0.1) is 0 Å². The molecule has 1 aliphatic rings. The summed E-state index contributed by atoms with van der Waals surface area (Å²) in [5.74, 6) is 0. The fourth-order valence-corrected chi connectivity index (χ4v) is 2.08. The molecule has 0 aliphatic carbocycles. The minimum Gasteiger partial charge on any atom is -0.387 e. The van der Waals surface area contributed by atoms with Crippen molar-refractivity contribution < 1.29 is 19.3 Å². The van der Waals surface area contributed by atoms with Gasteiger partial charge in [-0.25, -0.2) is 0 Å². The number of aliphatic hydroxyl groups is 1. The maximum Gasteiger partial charge on any atom is 0.112 e. The molecular formula is C12H25NO4. The van der Waals surface area contributed by atoms with Crippen LogP contribution in [0.1, 0.15) is 26.7 Å². The molecule has 1 unspecified atom stereocenters. The normalized spacial score (nSPS) is 33.5. The molecule has 0 amide bonds. The van der Waals surface area contributed by atoms with Gasteiger partial charge in [0, 0.05) is 7.11 Å². The lowest BCUT2D eigenvalue weighted by Gasteiger charge is -2.18. The number of ether oxygens (including phenoxy) is 3. The van der Waals surface area contributed by atoms with Gasteiger partial charge in [0.25, 0.3) is 0 Å². The first-order valence-corrected chi connectivity index (χ1v) is 6.28. The van der Waals surface area contributed by atoms with Crippen molar-refractivity contribution in [2.75, 3.05) is 20.3 Å². The van der Waals surface area contributed by atoms with Crippen LogP contribution in [0.4, 0.5) is 0 Å². The first-order chi connectivity index (χ1) is 8.10. The Kier molecular flexibility index (Phi) is 6.37. The standard InChI is InChI=1S/C12H25NO4/c1-8(2)16-7-10-11(14)12(15-3)9(17-10)5-4-6-13/h8-12,14H,4-7,13H2,1-3H3/t9-,10+,11?,12+/m0/s1. The lowest BCUT2D eigenvalue weighted by molar-refractivity contribution is -0.0595. The van der Waals surface area contributed by atoms with E-state index in [1.54, 1.807) is 7.11 Å². The third-order valence-corrected chi connectivity index (χ3v) is 2.99. The van der Waals surface area contributed by atoms with E-state index < -0.39 is 6.10 Å². The van der Waals surface area contributed by atoms with E-state index in [1.807, 2.05) is 13.8 Å². The lowest BCUT2D eigenvalue weighted by atomic mass is 10.0. The van der Waals surface area contributed by atoms with Crippen molar-refractivity contribution >= 4 is 0 Å². The molecule has 5 heteroatoms. The summed E-state index contributed by atoms with van der Waals surface area (Å²) < 4.78 is 16.5. The van der Waals surface area contributed by atoms with Crippen LogP contribution in [0.15, 0.2) is 0 Å². The van der Waals surface area contributed by atoms with Crippen molar-refractivity contribution in [2.24, 2.45) is 5.73 Å². The largest absolute Gasteiger partial charge is 0.387 e. The molecule has 102 valence electrons. The smallest absolute Gasteiger partial charge is 0.112 e. The third kappa shape index (κ3) is 4.19. The van der Waals surface area contributed by atoms with E-state index >= 15 is 0 Å². The van der Waals surface area contributed by atoms with Gasteiger partial charge in [-0.3, -0.25) is 0 Å². The van der Waals surface area contributed by atoms with Crippen LogP contribution in [0.25, 0.3) is 0 Å². The quantitative estimate of drug-likeness (QED) is 0.676. The number of aliphatic hydroxyl groups excluding tert-OH is 1. The average molecular weight is 247 g/mol. The minimum atomic E-state index is -0.624. The first-order valence-electron chi connectivity index (χ1n) is 6.28. The van der Waals surface area contributed by atoms with Gasteiger partial charge in [0.2, 0.25) is 0 Å². The molecule has 0 spiro atoms. The van der Waals surface area contributed by atoms with Crippen LogP contribution < -0.4 is 5.73 Å². The fourth-order valence-electron chi connectivity index (χ4n) is 2.08. The van der Waals surface area contributed by atoms with Crippen molar-refractivity contribution in [2.45, 2.75) is 57.2 Å². The van der Waals surface area contributed by atoms with Crippen LogP contribution in [-0.4, -0.2) is 55.9 Å². The summed E-state index contributed by atoms with van der Waals surface area (Å²) in [7, 11) is 1.60. The van der Waals surface area contributed by atoms with Gasteiger partial charge >= 0.3 is 0 Å². The van der Waals surface area contributed by atoms with Crippen molar-refractivity contribution in [3.05, 3.63) is 0 Å². The van der Waals surface area contributed by atoms with Crippen molar-refractivity contribution in [3.8, 4) is 0 Å². The van der Waals surface area contributed by atoms with Gasteiger partial charge in [0.05, 0.1) is 18.8 Å². The van der Waals surface area contributed by atoms with Crippen molar-refractivity contribution in [3.63, 3.8) is 0 Å². The van der Waals surface area contributed by atoms with E-state index in [2.05, 4.69) is 0 Å². The predicted octanol–water partition coefficient (Wildman–Crippen LogP) is 0.294. The number of hydrogen-bond donors (Lipinski definition) is 2. The van der Waals surface area contributed by atoms with E-state index in [0.29, 0.717) is 13.2 Å². The van der Waals surface area contributed by atoms with Crippen LogP contribution in [-0.2, 0) is 14.2 Å². The SMILES string of the molecule is CO[C@H]1C(O)[C@@H](COC(C)C)O[C@H]1CCCN. The lowest BCUT2D eigenvalue weighted by Crippen LogP contribution is -2.36. The molecule has 1 saturated heterocycles. The third-order valence-electron chi connectivity index (χ3n) is 2.99. The van der Waals surface area contributed by atoms with Gasteiger partial charge in [-0.15, -0.1) is 0 Å². The number of methoxy groups -OCH3 is 1. The van der Waals surface area contributed by atoms with E-state index in [9.17, 15) is 5.11 Å². The summed E-state index contributed by atoms with van der Waals surface area (Å²) in [6.07, 6.45) is 0.530. The molecule has 1 heterocycles. The fraction of sp³-hybridized carbons (Fsp3) is 1.00. The second-order valence-electron chi connectivity index (χ2n) is 4.72. The average Bonchev–Trinajstić information content (AvgIpc) is 2.60. The van der Waals surface area contributed by atoms with Gasteiger partial charge < -0.3 is 25.1 Å². The zero-order valence-corrected chi connectivity index (χ0v) is 11.0. The minimum absolute atomic E-state index is 0.0840. The molecule has 1 fully saturated rings. The van der Waals surface area contributed by atoms with Gasteiger partial charge in [-0.2, -0.15) is 0 Å². The molecule has 0 aromatic heterocycles. The van der Waals surface area contributed by atoms with Gasteiger partial charge in [-0.05, 0) is 33.2 Å². The Morgan fingerprint density at radius 1 is 1.35 bits per heavy atom. The number of nitrogens with two attached hydrogens (primary N) is 1. The molecule has 5 nitrogen and oxygen atoms in total. The van der Waals surface area contributed by atoms with Crippen molar-refractivity contribution in [1.29, 1.82) is 0 Å². The summed E-state index contributed by atoms with van der Waals surface area (Å²) in [4.78, 5) is 0. The molecule has 17 heavy (non-hydrogen) atoms. The molecule has 1 rings (SSSR count). The maximum absolute atomic E-state index is 10.1. The Morgan fingerprint density at radius 2 is 2.06 bits per heavy atom. The van der Waals surface area contributed by atoms with Crippen molar-refractivity contribution in [1.82, 2.24) is 0 Å². The molecular weight excluding hydrogens is 222 g/mol. The molecule has 3 N–H and O–H groups in total. The molecule has 1 aliphatic heterocycles. The highest BCUT2D eigenvalue weighted by Gasteiger charge is 2.43. The van der Waals surface area contributed by atoms with Crippen LogP contribution >= 0.6 is 0 Å². The Labute approximate surface area is 103 Å². The van der Waals surface area contributed by atoms with E-state index in [-0.39, 0.29) is 24.4 Å². The van der Waals surface area contributed by atoms with Gasteiger partial charge in [-0.1, -0.05) is 0 Å². The highest BCUT2D eigenvalue weighted by atomic mass is 16.6. The van der Waals surface area contributed by atoms with E-state index in [4.69, 9.17) is 19.9 Å². The molecule has 0 saturated carbocycles. The van der Waals surface area contributed by atoms with Crippen LogP contribution in [0.3, 0.4) is 0 Å². The molecule has 0 radical (unpaired) electrons.